The van der Waals surface area contributed by atoms with Crippen LogP contribution in [0.3, 0.4) is 0 Å². The summed E-state index contributed by atoms with van der Waals surface area (Å²) >= 11 is 1.93. The second-order valence-corrected chi connectivity index (χ2v) is 10.3. The number of hydrogen-bond acceptors (Lipinski definition) is 8. The largest absolute Gasteiger partial charge is 0.497 e. The number of fused-ring (bicyclic) bond motifs is 2. The Balaban J connectivity index is 1.57. The molecule has 3 heterocycles. The second kappa shape index (κ2) is 9.28. The Morgan fingerprint density at radius 2 is 1.72 bits per heavy atom. The van der Waals surface area contributed by atoms with Crippen molar-refractivity contribution in [1.82, 2.24) is 9.47 Å². The van der Waals surface area contributed by atoms with Crippen molar-refractivity contribution in [2.75, 3.05) is 12.4 Å². The molecule has 10 nitrogen and oxygen atoms in total. The number of carbonyl (C=O) groups excluding carboxylic acids is 4. The summed E-state index contributed by atoms with van der Waals surface area (Å²) < 4.78 is 6.53. The molecule has 2 aliphatic rings. The first kappa shape index (κ1) is 23.8. The number of thioether (sulfide) groups is 1. The van der Waals surface area contributed by atoms with Gasteiger partial charge in [-0.2, -0.15) is 4.90 Å². The Morgan fingerprint density at radius 1 is 1.03 bits per heavy atom. The van der Waals surface area contributed by atoms with Gasteiger partial charge in [-0.05, 0) is 29.8 Å². The van der Waals surface area contributed by atoms with Gasteiger partial charge >= 0.3 is 10.9 Å². The van der Waals surface area contributed by atoms with E-state index in [1.54, 1.807) is 48.5 Å². The highest BCUT2D eigenvalue weighted by atomic mass is 32.2. The quantitative estimate of drug-likeness (QED) is 0.488. The molecule has 2 aliphatic heterocycles. The van der Waals surface area contributed by atoms with E-state index in [0.717, 1.165) is 23.1 Å². The molecule has 3 atom stereocenters. The number of imide groups is 3. The van der Waals surface area contributed by atoms with Gasteiger partial charge in [-0.3, -0.25) is 23.7 Å². The Labute approximate surface area is 213 Å². The van der Waals surface area contributed by atoms with Crippen LogP contribution in [0.1, 0.15) is 16.4 Å². The summed E-state index contributed by atoms with van der Waals surface area (Å²) in [6.45, 7) is -0.277. The molecular formula is C24H20N4O6S2. The van der Waals surface area contributed by atoms with Crippen molar-refractivity contribution in [2.45, 2.75) is 22.7 Å². The van der Waals surface area contributed by atoms with Crippen molar-refractivity contribution >= 4 is 52.5 Å². The van der Waals surface area contributed by atoms with Gasteiger partial charge in [-0.25, -0.2) is 4.79 Å². The van der Waals surface area contributed by atoms with Crippen LogP contribution in [0.15, 0.2) is 64.4 Å². The molecule has 3 N–H and O–H groups in total. The van der Waals surface area contributed by atoms with E-state index in [1.165, 1.54) is 11.7 Å². The molecule has 3 aromatic rings. The van der Waals surface area contributed by atoms with Crippen LogP contribution < -0.4 is 20.7 Å². The number of urea groups is 1. The first-order chi connectivity index (χ1) is 17.3. The third-order valence-electron chi connectivity index (χ3n) is 6.10. The van der Waals surface area contributed by atoms with Crippen molar-refractivity contribution in [3.8, 4) is 5.75 Å². The number of methoxy groups -OCH3 is 1. The fourth-order valence-corrected chi connectivity index (χ4v) is 7.28. The smallest absolute Gasteiger partial charge is 0.328 e. The SMILES string of the molecule is COc1ccc(C2c3sc(=O)n(CC(=O)Nc4ccccc4)c3SC3C(=O)N(C(N)=O)C(=O)C32)cc1. The van der Waals surface area contributed by atoms with E-state index in [1.807, 2.05) is 6.07 Å². The molecule has 0 radical (unpaired) electrons. The van der Waals surface area contributed by atoms with Gasteiger partial charge in [-0.15, -0.1) is 0 Å². The van der Waals surface area contributed by atoms with Gasteiger partial charge in [0.25, 0.3) is 5.91 Å². The number of nitrogens with zero attached hydrogens (tertiary/aromatic N) is 2. The molecular weight excluding hydrogens is 504 g/mol. The fraction of sp³-hybridized carbons (Fsp3) is 0.208. The maximum Gasteiger partial charge on any atom is 0.328 e. The van der Waals surface area contributed by atoms with Crippen molar-refractivity contribution < 1.29 is 23.9 Å². The van der Waals surface area contributed by atoms with Crippen LogP contribution in [0.2, 0.25) is 0 Å². The summed E-state index contributed by atoms with van der Waals surface area (Å²) in [6.07, 6.45) is 0. The summed E-state index contributed by atoms with van der Waals surface area (Å²) in [6, 6.07) is 14.6. The molecule has 0 bridgehead atoms. The number of anilines is 1. The van der Waals surface area contributed by atoms with Crippen molar-refractivity contribution in [3.05, 3.63) is 74.7 Å². The normalized spacial score (nSPS) is 20.6. The lowest BCUT2D eigenvalue weighted by atomic mass is 9.83. The van der Waals surface area contributed by atoms with E-state index in [9.17, 15) is 24.0 Å². The van der Waals surface area contributed by atoms with Crippen LogP contribution in [-0.2, 0) is 20.9 Å². The van der Waals surface area contributed by atoms with Gasteiger partial charge in [0.1, 0.15) is 17.5 Å². The van der Waals surface area contributed by atoms with Gasteiger partial charge in [0.2, 0.25) is 11.8 Å². The summed E-state index contributed by atoms with van der Waals surface area (Å²) in [5.41, 5.74) is 6.59. The molecule has 2 aromatic carbocycles. The summed E-state index contributed by atoms with van der Waals surface area (Å²) in [4.78, 5) is 64.6. The molecule has 0 aliphatic carbocycles. The molecule has 1 fully saturated rings. The minimum atomic E-state index is -1.14. The van der Waals surface area contributed by atoms with E-state index < -0.39 is 40.8 Å². The predicted molar refractivity (Wildman–Crippen MR) is 133 cm³/mol. The van der Waals surface area contributed by atoms with Crippen molar-refractivity contribution in [1.29, 1.82) is 0 Å². The highest BCUT2D eigenvalue weighted by molar-refractivity contribution is 8.00. The van der Waals surface area contributed by atoms with E-state index in [2.05, 4.69) is 5.32 Å². The number of benzene rings is 2. The van der Waals surface area contributed by atoms with Gasteiger partial charge in [-0.1, -0.05) is 53.4 Å². The topological polar surface area (TPSA) is 141 Å². The maximum absolute atomic E-state index is 13.2. The van der Waals surface area contributed by atoms with Crippen LogP contribution in [0.5, 0.6) is 5.75 Å². The molecule has 36 heavy (non-hydrogen) atoms. The van der Waals surface area contributed by atoms with Gasteiger partial charge in [0.05, 0.1) is 18.1 Å². The highest BCUT2D eigenvalue weighted by Gasteiger charge is 2.57. The molecule has 1 aromatic heterocycles. The zero-order valence-electron chi connectivity index (χ0n) is 18.9. The monoisotopic (exact) mass is 524 g/mol. The lowest BCUT2D eigenvalue weighted by molar-refractivity contribution is -0.135. The molecule has 12 heteroatoms. The summed E-state index contributed by atoms with van der Waals surface area (Å²) in [7, 11) is 1.52. The number of primary amides is 1. The number of nitrogens with one attached hydrogen (secondary N) is 1. The number of likely N-dealkylation sites (tertiary alicyclic amines) is 1. The number of amides is 5. The number of nitrogens with two attached hydrogens (primary N) is 1. The van der Waals surface area contributed by atoms with E-state index in [0.29, 0.717) is 31.8 Å². The third-order valence-corrected chi connectivity index (χ3v) is 8.71. The lowest BCUT2D eigenvalue weighted by Gasteiger charge is -2.30. The van der Waals surface area contributed by atoms with Gasteiger partial charge < -0.3 is 15.8 Å². The third kappa shape index (κ3) is 3.97. The van der Waals surface area contributed by atoms with Crippen LogP contribution in [-0.4, -0.2) is 45.6 Å². The Bertz CT molecular complexity index is 1430. The number of rotatable bonds is 5. The average molecular weight is 525 g/mol. The average Bonchev–Trinajstić information content (AvgIpc) is 3.30. The van der Waals surface area contributed by atoms with Gasteiger partial charge in [0.15, 0.2) is 0 Å². The molecule has 3 unspecified atom stereocenters. The molecule has 184 valence electrons. The van der Waals surface area contributed by atoms with E-state index >= 15 is 0 Å². The summed E-state index contributed by atoms with van der Waals surface area (Å²) in [5, 5.41) is 2.20. The fourth-order valence-electron chi connectivity index (χ4n) is 4.51. The predicted octanol–water partition coefficient (Wildman–Crippen LogP) is 2.23. The van der Waals surface area contributed by atoms with E-state index in [4.69, 9.17) is 10.5 Å². The standard InChI is InChI=1S/C24H20N4O6S2/c1-34-14-9-7-12(8-10-14)16-17-18(21(31)28(20(17)30)23(25)32)35-22-19(16)36-24(33)27(22)11-15(29)26-13-5-3-2-4-6-13/h2-10,16-18H,11H2,1H3,(H2,25,32)(H,26,29). The van der Waals surface area contributed by atoms with Crippen LogP contribution in [0.4, 0.5) is 10.5 Å². The number of thiazole rings is 1. The molecule has 0 saturated carbocycles. The molecule has 5 rings (SSSR count). The highest BCUT2D eigenvalue weighted by Crippen LogP contribution is 2.53. The first-order valence-electron chi connectivity index (χ1n) is 10.9. The Morgan fingerprint density at radius 3 is 2.36 bits per heavy atom. The number of para-hydroxylation sites is 1. The Kier molecular flexibility index (Phi) is 6.14. The van der Waals surface area contributed by atoms with Crippen LogP contribution >= 0.6 is 23.1 Å². The lowest BCUT2D eigenvalue weighted by Crippen LogP contribution is -2.41. The molecule has 5 amide bonds. The zero-order chi connectivity index (χ0) is 25.6. The second-order valence-electron chi connectivity index (χ2n) is 8.20. The number of hydrogen-bond donors (Lipinski definition) is 2. The van der Waals surface area contributed by atoms with Crippen molar-refractivity contribution in [2.24, 2.45) is 11.7 Å². The molecule has 0 spiro atoms. The Hall–Kier alpha value is -3.90. The van der Waals surface area contributed by atoms with Crippen molar-refractivity contribution in [3.63, 3.8) is 0 Å². The minimum absolute atomic E-state index is 0.277. The summed E-state index contributed by atoms with van der Waals surface area (Å²) in [5.74, 6) is -2.87. The van der Waals surface area contributed by atoms with E-state index in [-0.39, 0.29) is 11.4 Å². The first-order valence-corrected chi connectivity index (χ1v) is 12.6. The number of carbonyl (C=O) groups is 4. The minimum Gasteiger partial charge on any atom is -0.497 e. The maximum atomic E-state index is 13.2. The molecule has 1 saturated heterocycles. The van der Waals surface area contributed by atoms with Crippen LogP contribution in [0, 0.1) is 5.92 Å². The number of ether oxygens (including phenoxy) is 1. The van der Waals surface area contributed by atoms with Gasteiger partial charge in [0, 0.05) is 16.5 Å². The number of aromatic nitrogens is 1. The zero-order valence-corrected chi connectivity index (χ0v) is 20.5. The van der Waals surface area contributed by atoms with Crippen LogP contribution in [0.25, 0.3) is 0 Å².